The Labute approximate surface area is 91.3 Å². The van der Waals surface area contributed by atoms with Crippen LogP contribution in [0.15, 0.2) is 4.99 Å². The smallest absolute Gasteiger partial charge is 0.157 e. The summed E-state index contributed by atoms with van der Waals surface area (Å²) in [5.41, 5.74) is 0. The second-order valence-corrected chi connectivity index (χ2v) is 5.64. The van der Waals surface area contributed by atoms with Crippen LogP contribution in [0.5, 0.6) is 0 Å². The van der Waals surface area contributed by atoms with Gasteiger partial charge in [-0.05, 0) is 34.0 Å². The summed E-state index contributed by atoms with van der Waals surface area (Å²) in [6, 6.07) is 0.522. The first-order chi connectivity index (χ1) is 6.58. The van der Waals surface area contributed by atoms with Gasteiger partial charge in [0.25, 0.3) is 0 Å². The van der Waals surface area contributed by atoms with E-state index in [2.05, 4.69) is 43.2 Å². The minimum Gasteiger partial charge on any atom is -0.362 e. The van der Waals surface area contributed by atoms with Crippen LogP contribution >= 0.6 is 11.8 Å². The lowest BCUT2D eigenvalue weighted by atomic mass is 10.2. The molecule has 0 fully saturated rings. The molecule has 0 radical (unpaired) electrons. The quantitative estimate of drug-likeness (QED) is 0.768. The molecule has 0 saturated carbocycles. The number of nitrogens with zero attached hydrogens (tertiary/aromatic N) is 2. The summed E-state index contributed by atoms with van der Waals surface area (Å²) in [6.45, 7) is 6.53. The number of hydrogen-bond acceptors (Lipinski definition) is 4. The number of thioether (sulfide) groups is 1. The molecule has 0 aromatic rings. The first-order valence-electron chi connectivity index (χ1n) is 5.20. The SMILES string of the molecule is CC(CCN(C)C)NC1=NCC(C)S1. The van der Waals surface area contributed by atoms with Crippen LogP contribution < -0.4 is 5.32 Å². The largest absolute Gasteiger partial charge is 0.362 e. The van der Waals surface area contributed by atoms with Crippen molar-refractivity contribution >= 4 is 16.9 Å². The van der Waals surface area contributed by atoms with E-state index in [-0.39, 0.29) is 0 Å². The van der Waals surface area contributed by atoms with Crippen molar-refractivity contribution in [2.24, 2.45) is 4.99 Å². The van der Waals surface area contributed by atoms with Crippen LogP contribution in [-0.2, 0) is 0 Å². The van der Waals surface area contributed by atoms with Crippen LogP contribution in [0.3, 0.4) is 0 Å². The van der Waals surface area contributed by atoms with Gasteiger partial charge in [-0.25, -0.2) is 0 Å². The topological polar surface area (TPSA) is 27.6 Å². The number of nitrogens with one attached hydrogen (secondary N) is 1. The first-order valence-corrected chi connectivity index (χ1v) is 6.08. The zero-order valence-corrected chi connectivity index (χ0v) is 10.4. The molecule has 1 aliphatic heterocycles. The molecular formula is C10H21N3S. The van der Waals surface area contributed by atoms with Crippen LogP contribution in [0, 0.1) is 0 Å². The van der Waals surface area contributed by atoms with Gasteiger partial charge in [0.05, 0.1) is 6.54 Å². The molecule has 82 valence electrons. The van der Waals surface area contributed by atoms with Crippen molar-refractivity contribution in [3.8, 4) is 0 Å². The van der Waals surface area contributed by atoms with Gasteiger partial charge in [0.15, 0.2) is 5.17 Å². The summed E-state index contributed by atoms with van der Waals surface area (Å²) in [5, 5.41) is 5.23. The van der Waals surface area contributed by atoms with Gasteiger partial charge < -0.3 is 10.2 Å². The lowest BCUT2D eigenvalue weighted by molar-refractivity contribution is 0.379. The third-order valence-electron chi connectivity index (χ3n) is 2.18. The van der Waals surface area contributed by atoms with Crippen molar-refractivity contribution in [1.29, 1.82) is 0 Å². The summed E-state index contributed by atoms with van der Waals surface area (Å²) in [5.74, 6) is 0. The minimum atomic E-state index is 0.522. The second-order valence-electron chi connectivity index (χ2n) is 4.21. The van der Waals surface area contributed by atoms with Crippen molar-refractivity contribution in [3.05, 3.63) is 0 Å². The second kappa shape index (κ2) is 5.61. The molecule has 14 heavy (non-hydrogen) atoms. The Kier molecular flexibility index (Phi) is 4.75. The highest BCUT2D eigenvalue weighted by Gasteiger charge is 2.16. The van der Waals surface area contributed by atoms with E-state index >= 15 is 0 Å². The van der Waals surface area contributed by atoms with Gasteiger partial charge in [0, 0.05) is 11.3 Å². The minimum absolute atomic E-state index is 0.522. The monoisotopic (exact) mass is 215 g/mol. The molecule has 0 aromatic heterocycles. The number of aliphatic imine (C=N–C) groups is 1. The molecule has 2 atom stereocenters. The van der Waals surface area contributed by atoms with E-state index in [0.29, 0.717) is 11.3 Å². The fourth-order valence-corrected chi connectivity index (χ4v) is 2.24. The lowest BCUT2D eigenvalue weighted by Gasteiger charge is -2.17. The predicted octanol–water partition coefficient (Wildman–Crippen LogP) is 1.41. The predicted molar refractivity (Wildman–Crippen MR) is 65.1 cm³/mol. The zero-order chi connectivity index (χ0) is 10.6. The fourth-order valence-electron chi connectivity index (χ4n) is 1.29. The maximum absolute atomic E-state index is 4.44. The summed E-state index contributed by atoms with van der Waals surface area (Å²) in [7, 11) is 4.22. The normalized spacial score (nSPS) is 23.8. The van der Waals surface area contributed by atoms with E-state index in [4.69, 9.17) is 0 Å². The molecule has 3 nitrogen and oxygen atoms in total. The van der Waals surface area contributed by atoms with Crippen molar-refractivity contribution < 1.29 is 0 Å². The van der Waals surface area contributed by atoms with Gasteiger partial charge in [-0.15, -0.1) is 0 Å². The summed E-state index contributed by atoms with van der Waals surface area (Å²) < 4.78 is 0. The summed E-state index contributed by atoms with van der Waals surface area (Å²) in [4.78, 5) is 6.65. The lowest BCUT2D eigenvalue weighted by Crippen LogP contribution is -2.32. The van der Waals surface area contributed by atoms with Gasteiger partial charge in [-0.3, -0.25) is 4.99 Å². The van der Waals surface area contributed by atoms with E-state index in [1.807, 2.05) is 11.8 Å². The molecule has 0 spiro atoms. The highest BCUT2D eigenvalue weighted by Crippen LogP contribution is 2.18. The van der Waals surface area contributed by atoms with Gasteiger partial charge in [-0.1, -0.05) is 18.7 Å². The third kappa shape index (κ3) is 4.33. The summed E-state index contributed by atoms with van der Waals surface area (Å²) >= 11 is 1.85. The molecule has 0 bridgehead atoms. The molecule has 1 heterocycles. The van der Waals surface area contributed by atoms with Crippen LogP contribution in [0.25, 0.3) is 0 Å². The van der Waals surface area contributed by atoms with Crippen LogP contribution in [0.4, 0.5) is 0 Å². The molecular weight excluding hydrogens is 194 g/mol. The molecule has 0 amide bonds. The molecule has 0 aliphatic carbocycles. The van der Waals surface area contributed by atoms with E-state index in [0.717, 1.165) is 18.3 Å². The van der Waals surface area contributed by atoms with E-state index in [1.165, 1.54) is 6.42 Å². The molecule has 1 N–H and O–H groups in total. The Morgan fingerprint density at radius 3 is 2.86 bits per heavy atom. The molecule has 1 aliphatic rings. The molecule has 1 rings (SSSR count). The Bertz CT molecular complexity index is 204. The maximum atomic E-state index is 4.44. The number of amidine groups is 1. The highest BCUT2D eigenvalue weighted by molar-refractivity contribution is 8.14. The van der Waals surface area contributed by atoms with Gasteiger partial charge >= 0.3 is 0 Å². The highest BCUT2D eigenvalue weighted by atomic mass is 32.2. The Balaban J connectivity index is 2.17. The van der Waals surface area contributed by atoms with Gasteiger partial charge in [0.1, 0.15) is 0 Å². The standard InChI is InChI=1S/C10H21N3S/c1-8(5-6-13(3)4)12-10-11-7-9(2)14-10/h8-9H,5-7H2,1-4H3,(H,11,12). The van der Waals surface area contributed by atoms with Crippen LogP contribution in [0.2, 0.25) is 0 Å². The van der Waals surface area contributed by atoms with Crippen molar-refractivity contribution in [2.45, 2.75) is 31.6 Å². The van der Waals surface area contributed by atoms with Gasteiger partial charge in [0.2, 0.25) is 0 Å². The van der Waals surface area contributed by atoms with Crippen LogP contribution in [0.1, 0.15) is 20.3 Å². The third-order valence-corrected chi connectivity index (χ3v) is 3.21. The maximum Gasteiger partial charge on any atom is 0.157 e. The first kappa shape index (κ1) is 11.9. The summed E-state index contributed by atoms with van der Waals surface area (Å²) in [6.07, 6.45) is 1.17. The van der Waals surface area contributed by atoms with Crippen LogP contribution in [-0.4, -0.2) is 48.5 Å². The van der Waals surface area contributed by atoms with E-state index < -0.39 is 0 Å². The molecule has 4 heteroatoms. The average Bonchev–Trinajstić information content (AvgIpc) is 2.48. The average molecular weight is 215 g/mol. The number of rotatable bonds is 4. The Morgan fingerprint density at radius 2 is 2.36 bits per heavy atom. The van der Waals surface area contributed by atoms with Crippen molar-refractivity contribution in [2.75, 3.05) is 27.2 Å². The van der Waals surface area contributed by atoms with Crippen molar-refractivity contribution in [3.63, 3.8) is 0 Å². The Hall–Kier alpha value is -0.220. The van der Waals surface area contributed by atoms with Crippen molar-refractivity contribution in [1.82, 2.24) is 10.2 Å². The van der Waals surface area contributed by atoms with Gasteiger partial charge in [-0.2, -0.15) is 0 Å². The molecule has 0 aromatic carbocycles. The molecule has 2 unspecified atom stereocenters. The zero-order valence-electron chi connectivity index (χ0n) is 9.58. The Morgan fingerprint density at radius 1 is 1.64 bits per heavy atom. The van der Waals surface area contributed by atoms with E-state index in [9.17, 15) is 0 Å². The molecule has 0 saturated heterocycles. The fraction of sp³-hybridized carbons (Fsp3) is 0.900. The number of hydrogen-bond donors (Lipinski definition) is 1. The van der Waals surface area contributed by atoms with E-state index in [1.54, 1.807) is 0 Å².